The lowest BCUT2D eigenvalue weighted by Crippen LogP contribution is -2.30. The lowest BCUT2D eigenvalue weighted by Gasteiger charge is -2.08. The van der Waals surface area contributed by atoms with Crippen LogP contribution in [-0.2, 0) is 16.0 Å². The van der Waals surface area contributed by atoms with Gasteiger partial charge in [-0.05, 0) is 68.0 Å². The summed E-state index contributed by atoms with van der Waals surface area (Å²) in [5.41, 5.74) is 4.51. The van der Waals surface area contributed by atoms with Crippen molar-refractivity contribution in [1.29, 1.82) is 0 Å². The smallest absolute Gasteiger partial charge is 0.258 e. The van der Waals surface area contributed by atoms with Crippen molar-refractivity contribution < 1.29 is 14.3 Å². The first-order chi connectivity index (χ1) is 14.0. The van der Waals surface area contributed by atoms with Gasteiger partial charge >= 0.3 is 0 Å². The molecule has 2 aromatic rings. The van der Waals surface area contributed by atoms with E-state index in [1.165, 1.54) is 5.56 Å². The fourth-order valence-corrected chi connectivity index (χ4v) is 2.97. The summed E-state index contributed by atoms with van der Waals surface area (Å²) in [4.78, 5) is 23.6. The van der Waals surface area contributed by atoms with Crippen LogP contribution in [-0.4, -0.2) is 31.0 Å². The van der Waals surface area contributed by atoms with Crippen LogP contribution in [0.25, 0.3) is 6.08 Å². The highest BCUT2D eigenvalue weighted by Gasteiger charge is 2.23. The van der Waals surface area contributed by atoms with Crippen molar-refractivity contribution in [2.45, 2.75) is 39.2 Å². The Morgan fingerprint density at radius 3 is 2.55 bits per heavy atom. The number of rotatable bonds is 9. The van der Waals surface area contributed by atoms with Gasteiger partial charge in [0.1, 0.15) is 5.75 Å². The molecule has 0 spiro atoms. The maximum Gasteiger partial charge on any atom is 0.258 e. The molecule has 0 radical (unpaired) electrons. The molecule has 0 aromatic heterocycles. The fourth-order valence-electron chi connectivity index (χ4n) is 2.97. The first-order valence-corrected chi connectivity index (χ1v) is 10.0. The van der Waals surface area contributed by atoms with Gasteiger partial charge in [-0.25, -0.2) is 0 Å². The van der Waals surface area contributed by atoms with E-state index in [9.17, 15) is 9.59 Å². The lowest BCUT2D eigenvalue weighted by molar-refractivity contribution is -0.123. The summed E-state index contributed by atoms with van der Waals surface area (Å²) in [5.74, 6) is 0.486. The second kappa shape index (κ2) is 9.92. The number of carbonyl (C=O) groups excluding carboxylic acids is 2. The zero-order chi connectivity index (χ0) is 20.6. The predicted octanol–water partition coefficient (Wildman–Crippen LogP) is 3.33. The molecule has 3 rings (SSSR count). The standard InChI is InChI=1S/C24H28N2O3/c1-17-3-6-20(18(2)15-17)7-12-23(27)25-14-13-19-4-10-22(11-5-19)29-16-24(28)26-21-8-9-21/h3-7,10-12,15,21H,8-9,13-14,16H2,1-2H3,(H,25,27)(H,26,28)/b12-7+. The van der Waals surface area contributed by atoms with Crippen molar-refractivity contribution in [2.75, 3.05) is 13.2 Å². The molecule has 0 bridgehead atoms. The van der Waals surface area contributed by atoms with Gasteiger partial charge in [0.25, 0.3) is 5.91 Å². The molecule has 1 aliphatic rings. The number of hydrogen-bond acceptors (Lipinski definition) is 3. The van der Waals surface area contributed by atoms with E-state index >= 15 is 0 Å². The SMILES string of the molecule is Cc1ccc(/C=C/C(=O)NCCc2ccc(OCC(=O)NC3CC3)cc2)c(C)c1. The Hall–Kier alpha value is -3.08. The quantitative estimate of drug-likeness (QED) is 0.643. The molecule has 2 aromatic carbocycles. The van der Waals surface area contributed by atoms with Gasteiger partial charge in [-0.1, -0.05) is 35.9 Å². The average molecular weight is 392 g/mol. The minimum absolute atomic E-state index is 0.0404. The van der Waals surface area contributed by atoms with Gasteiger partial charge in [0, 0.05) is 18.7 Å². The van der Waals surface area contributed by atoms with Crippen LogP contribution in [0.2, 0.25) is 0 Å². The zero-order valence-electron chi connectivity index (χ0n) is 17.0. The van der Waals surface area contributed by atoms with Gasteiger partial charge in [-0.2, -0.15) is 0 Å². The van der Waals surface area contributed by atoms with Crippen molar-refractivity contribution in [3.63, 3.8) is 0 Å². The second-order valence-electron chi connectivity index (χ2n) is 7.51. The number of hydrogen-bond donors (Lipinski definition) is 2. The molecule has 0 atom stereocenters. The Labute approximate surface area is 172 Å². The average Bonchev–Trinajstić information content (AvgIpc) is 3.50. The minimum Gasteiger partial charge on any atom is -0.484 e. The first kappa shape index (κ1) is 20.6. The third-order valence-electron chi connectivity index (χ3n) is 4.79. The van der Waals surface area contributed by atoms with E-state index in [2.05, 4.69) is 23.6 Å². The molecule has 0 saturated heterocycles. The van der Waals surface area contributed by atoms with Gasteiger partial charge in [-0.15, -0.1) is 0 Å². The Morgan fingerprint density at radius 2 is 1.86 bits per heavy atom. The maximum atomic E-state index is 12.0. The molecule has 5 heteroatoms. The number of carbonyl (C=O) groups is 2. The molecule has 1 aliphatic carbocycles. The molecular formula is C24H28N2O3. The Bertz CT molecular complexity index is 883. The lowest BCUT2D eigenvalue weighted by atomic mass is 10.1. The van der Waals surface area contributed by atoms with Crippen LogP contribution in [0.1, 0.15) is 35.1 Å². The zero-order valence-corrected chi connectivity index (χ0v) is 17.0. The van der Waals surface area contributed by atoms with E-state index in [0.717, 1.165) is 36.0 Å². The van der Waals surface area contributed by atoms with Gasteiger partial charge in [0.15, 0.2) is 6.61 Å². The number of ether oxygens (including phenoxy) is 1. The summed E-state index contributed by atoms with van der Waals surface area (Å²) in [6, 6.07) is 14.1. The van der Waals surface area contributed by atoms with Gasteiger partial charge in [-0.3, -0.25) is 9.59 Å². The first-order valence-electron chi connectivity index (χ1n) is 10.0. The molecule has 2 N–H and O–H groups in total. The van der Waals surface area contributed by atoms with Crippen LogP contribution in [0.3, 0.4) is 0 Å². The van der Waals surface area contributed by atoms with E-state index in [1.54, 1.807) is 6.08 Å². The summed E-state index contributed by atoms with van der Waals surface area (Å²) in [5, 5.41) is 5.79. The summed E-state index contributed by atoms with van der Waals surface area (Å²) in [7, 11) is 0. The topological polar surface area (TPSA) is 67.4 Å². The van der Waals surface area contributed by atoms with Crippen LogP contribution in [0.5, 0.6) is 5.75 Å². The number of aryl methyl sites for hydroxylation is 2. The van der Waals surface area contributed by atoms with E-state index in [0.29, 0.717) is 18.3 Å². The predicted molar refractivity (Wildman–Crippen MR) is 115 cm³/mol. The third-order valence-corrected chi connectivity index (χ3v) is 4.79. The van der Waals surface area contributed by atoms with Crippen molar-refractivity contribution in [3.8, 4) is 5.75 Å². The van der Waals surface area contributed by atoms with E-state index in [4.69, 9.17) is 4.74 Å². The molecule has 5 nitrogen and oxygen atoms in total. The molecular weight excluding hydrogens is 364 g/mol. The molecule has 1 fully saturated rings. The Balaban J connectivity index is 1.37. The Morgan fingerprint density at radius 1 is 1.10 bits per heavy atom. The minimum atomic E-state index is -0.105. The van der Waals surface area contributed by atoms with Crippen LogP contribution >= 0.6 is 0 Å². The molecule has 29 heavy (non-hydrogen) atoms. The van der Waals surface area contributed by atoms with Crippen LogP contribution in [0.15, 0.2) is 48.5 Å². The molecule has 0 heterocycles. The molecule has 0 unspecified atom stereocenters. The monoisotopic (exact) mass is 392 g/mol. The van der Waals surface area contributed by atoms with Crippen molar-refractivity contribution >= 4 is 17.9 Å². The maximum absolute atomic E-state index is 12.0. The summed E-state index contributed by atoms with van der Waals surface area (Å²) in [6.45, 7) is 4.69. The van der Waals surface area contributed by atoms with E-state index in [1.807, 2.05) is 49.4 Å². The summed E-state index contributed by atoms with van der Waals surface area (Å²) in [6.07, 6.45) is 6.28. The van der Waals surface area contributed by atoms with Crippen LogP contribution in [0.4, 0.5) is 0 Å². The van der Waals surface area contributed by atoms with Crippen molar-refractivity contribution in [3.05, 3.63) is 70.8 Å². The van der Waals surface area contributed by atoms with Gasteiger partial charge in [0.2, 0.25) is 5.91 Å². The summed E-state index contributed by atoms with van der Waals surface area (Å²) < 4.78 is 5.49. The molecule has 152 valence electrons. The number of benzene rings is 2. The second-order valence-corrected chi connectivity index (χ2v) is 7.51. The highest BCUT2D eigenvalue weighted by Crippen LogP contribution is 2.18. The largest absolute Gasteiger partial charge is 0.484 e. The number of nitrogens with one attached hydrogen (secondary N) is 2. The Kier molecular flexibility index (Phi) is 7.06. The highest BCUT2D eigenvalue weighted by atomic mass is 16.5. The molecule has 1 saturated carbocycles. The van der Waals surface area contributed by atoms with Gasteiger partial charge < -0.3 is 15.4 Å². The third kappa shape index (κ3) is 7.11. The van der Waals surface area contributed by atoms with Crippen molar-refractivity contribution in [1.82, 2.24) is 10.6 Å². The van der Waals surface area contributed by atoms with Gasteiger partial charge in [0.05, 0.1) is 0 Å². The highest BCUT2D eigenvalue weighted by molar-refractivity contribution is 5.91. The summed E-state index contributed by atoms with van der Waals surface area (Å²) >= 11 is 0. The van der Waals surface area contributed by atoms with E-state index < -0.39 is 0 Å². The molecule has 0 aliphatic heterocycles. The normalized spacial score (nSPS) is 13.3. The van der Waals surface area contributed by atoms with Crippen molar-refractivity contribution in [2.24, 2.45) is 0 Å². The van der Waals surface area contributed by atoms with E-state index in [-0.39, 0.29) is 18.4 Å². The van der Waals surface area contributed by atoms with Crippen LogP contribution in [0, 0.1) is 13.8 Å². The fraction of sp³-hybridized carbons (Fsp3) is 0.333. The number of amides is 2. The van der Waals surface area contributed by atoms with Crippen LogP contribution < -0.4 is 15.4 Å². The molecule has 2 amide bonds.